The van der Waals surface area contributed by atoms with Gasteiger partial charge in [0.25, 0.3) is 0 Å². The lowest BCUT2D eigenvalue weighted by Crippen LogP contribution is -2.00. The SMILES string of the molecule is c1ccc(-c2cccc(-c3nc(-c4ccccc4)nc(-c4cccc5oc6cc(-c7ccc(-c8nc(-c9ccccc9)c9sc%10ccccc%10c9n8)cc7)ccc6c45)n3)c2)cc1. The van der Waals surface area contributed by atoms with Gasteiger partial charge in [-0.15, -0.1) is 11.3 Å². The summed E-state index contributed by atoms with van der Waals surface area (Å²) < 4.78 is 8.90. The Kier molecular flexibility index (Phi) is 8.57. The molecule has 4 aromatic heterocycles. The van der Waals surface area contributed by atoms with Gasteiger partial charge in [0.05, 0.1) is 15.9 Å². The quantitative estimate of drug-likeness (QED) is 0.160. The monoisotopic (exact) mass is 811 g/mol. The zero-order valence-corrected chi connectivity index (χ0v) is 33.9. The maximum absolute atomic E-state index is 6.60. The molecule has 0 saturated carbocycles. The number of furan rings is 1. The third-order valence-electron chi connectivity index (χ3n) is 11.4. The predicted octanol–water partition coefficient (Wildman–Crippen LogP) is 14.6. The lowest BCUT2D eigenvalue weighted by molar-refractivity contribution is 0.669. The molecule has 12 aromatic rings. The third-order valence-corrected chi connectivity index (χ3v) is 12.5. The number of benzene rings is 8. The van der Waals surface area contributed by atoms with Crippen LogP contribution >= 0.6 is 11.3 Å². The van der Waals surface area contributed by atoms with Crippen molar-refractivity contribution in [3.63, 3.8) is 0 Å². The molecule has 0 aliphatic rings. The van der Waals surface area contributed by atoms with Crippen LogP contribution < -0.4 is 0 Å². The van der Waals surface area contributed by atoms with Gasteiger partial charge in [-0.25, -0.2) is 24.9 Å². The summed E-state index contributed by atoms with van der Waals surface area (Å²) in [6, 6.07) is 68.6. The van der Waals surface area contributed by atoms with Gasteiger partial charge in [-0.1, -0.05) is 170 Å². The second-order valence-corrected chi connectivity index (χ2v) is 16.3. The van der Waals surface area contributed by atoms with E-state index in [-0.39, 0.29) is 0 Å². The van der Waals surface area contributed by atoms with E-state index in [1.165, 1.54) is 4.70 Å². The first-order chi connectivity index (χ1) is 30.7. The molecule has 0 bridgehead atoms. The first-order valence-electron chi connectivity index (χ1n) is 20.5. The van der Waals surface area contributed by atoms with Crippen LogP contribution in [0.15, 0.2) is 205 Å². The molecule has 290 valence electrons. The molecule has 8 aromatic carbocycles. The lowest BCUT2D eigenvalue weighted by Gasteiger charge is -2.10. The molecule has 0 atom stereocenters. The van der Waals surface area contributed by atoms with Gasteiger partial charge < -0.3 is 4.42 Å². The first-order valence-corrected chi connectivity index (χ1v) is 21.3. The molecular formula is C55H33N5OS. The normalized spacial score (nSPS) is 11.5. The number of aromatic nitrogens is 5. The van der Waals surface area contributed by atoms with E-state index in [9.17, 15) is 0 Å². The minimum absolute atomic E-state index is 0.582. The summed E-state index contributed by atoms with van der Waals surface area (Å²) in [4.78, 5) is 25.6. The van der Waals surface area contributed by atoms with E-state index in [1.807, 2.05) is 54.6 Å². The summed E-state index contributed by atoms with van der Waals surface area (Å²) in [7, 11) is 0. The van der Waals surface area contributed by atoms with Gasteiger partial charge in [-0.2, -0.15) is 0 Å². The summed E-state index contributed by atoms with van der Waals surface area (Å²) in [5.74, 6) is 2.50. The van der Waals surface area contributed by atoms with Crippen LogP contribution in [0.25, 0.3) is 121 Å². The zero-order chi connectivity index (χ0) is 41.0. The van der Waals surface area contributed by atoms with Crippen molar-refractivity contribution in [2.24, 2.45) is 0 Å². The van der Waals surface area contributed by atoms with Gasteiger partial charge in [0, 0.05) is 48.7 Å². The van der Waals surface area contributed by atoms with Crippen molar-refractivity contribution in [1.29, 1.82) is 0 Å². The Balaban J connectivity index is 0.932. The van der Waals surface area contributed by atoms with E-state index in [1.54, 1.807) is 11.3 Å². The maximum atomic E-state index is 6.60. The Labute approximate surface area is 360 Å². The van der Waals surface area contributed by atoms with Crippen molar-refractivity contribution >= 4 is 53.6 Å². The number of hydrogen-bond donors (Lipinski definition) is 0. The zero-order valence-electron chi connectivity index (χ0n) is 33.1. The van der Waals surface area contributed by atoms with Crippen LogP contribution in [0, 0.1) is 0 Å². The highest BCUT2D eigenvalue weighted by molar-refractivity contribution is 7.26. The molecule has 0 fully saturated rings. The number of nitrogens with zero attached hydrogens (tertiary/aromatic N) is 5. The van der Waals surface area contributed by atoms with Gasteiger partial charge in [0.2, 0.25) is 0 Å². The Morgan fingerprint density at radius 1 is 0.339 bits per heavy atom. The van der Waals surface area contributed by atoms with Crippen molar-refractivity contribution in [2.75, 3.05) is 0 Å². The van der Waals surface area contributed by atoms with Crippen LogP contribution in [0.1, 0.15) is 0 Å². The smallest absolute Gasteiger partial charge is 0.164 e. The molecule has 0 aliphatic carbocycles. The first kappa shape index (κ1) is 35.8. The van der Waals surface area contributed by atoms with Gasteiger partial charge in [-0.05, 0) is 52.6 Å². The maximum Gasteiger partial charge on any atom is 0.164 e. The molecule has 0 radical (unpaired) electrons. The Morgan fingerprint density at radius 3 is 1.68 bits per heavy atom. The van der Waals surface area contributed by atoms with Crippen molar-refractivity contribution < 1.29 is 4.42 Å². The highest BCUT2D eigenvalue weighted by Crippen LogP contribution is 2.41. The molecule has 0 N–H and O–H groups in total. The van der Waals surface area contributed by atoms with Crippen molar-refractivity contribution in [3.8, 4) is 79.1 Å². The van der Waals surface area contributed by atoms with Crippen molar-refractivity contribution in [3.05, 3.63) is 200 Å². The second kappa shape index (κ2) is 14.9. The fourth-order valence-corrected chi connectivity index (χ4v) is 9.48. The highest BCUT2D eigenvalue weighted by Gasteiger charge is 2.20. The molecule has 6 nitrogen and oxygen atoms in total. The Bertz CT molecular complexity index is 3620. The summed E-state index contributed by atoms with van der Waals surface area (Å²) in [5, 5.41) is 3.10. The van der Waals surface area contributed by atoms with Crippen molar-refractivity contribution in [1.82, 2.24) is 24.9 Å². The highest BCUT2D eigenvalue weighted by atomic mass is 32.1. The molecule has 0 unspecified atom stereocenters. The summed E-state index contributed by atoms with van der Waals surface area (Å²) in [6.45, 7) is 0. The van der Waals surface area contributed by atoms with E-state index in [0.717, 1.165) is 93.3 Å². The molecule has 0 amide bonds. The second-order valence-electron chi connectivity index (χ2n) is 15.2. The van der Waals surface area contributed by atoms with E-state index in [0.29, 0.717) is 23.3 Å². The molecule has 7 heteroatoms. The number of rotatable bonds is 7. The third kappa shape index (κ3) is 6.31. The van der Waals surface area contributed by atoms with Crippen LogP contribution in [0.4, 0.5) is 0 Å². The van der Waals surface area contributed by atoms with Gasteiger partial charge in [0.15, 0.2) is 23.3 Å². The molecular weight excluding hydrogens is 779 g/mol. The largest absolute Gasteiger partial charge is 0.456 e. The minimum atomic E-state index is 0.582. The van der Waals surface area contributed by atoms with Gasteiger partial charge in [-0.3, -0.25) is 0 Å². The Hall–Kier alpha value is -8.13. The molecule has 0 saturated heterocycles. The predicted molar refractivity (Wildman–Crippen MR) is 254 cm³/mol. The number of thiophene rings is 1. The number of hydrogen-bond acceptors (Lipinski definition) is 7. The van der Waals surface area contributed by atoms with Crippen LogP contribution in [0.3, 0.4) is 0 Å². The average Bonchev–Trinajstić information content (AvgIpc) is 3.93. The topological polar surface area (TPSA) is 77.6 Å². The van der Waals surface area contributed by atoms with E-state index in [4.69, 9.17) is 29.3 Å². The summed E-state index contributed by atoms with van der Waals surface area (Å²) in [6.07, 6.45) is 0. The van der Waals surface area contributed by atoms with E-state index < -0.39 is 0 Å². The molecule has 62 heavy (non-hydrogen) atoms. The standard InChI is InChI=1S/C55H33N5OS/c1-4-14-34(15-5-1)39-20-12-21-41(32-39)54-58-53(37-18-8-3-9-19-37)59-55(60-54)44-23-13-24-45-48(44)42-31-30-40(33-46(42)61-45)35-26-28-38(29-27-35)52-56-49(36-16-6-2-7-17-36)51-50(57-52)43-22-10-11-25-47(43)62-51/h1-33H. The molecule has 4 heterocycles. The Morgan fingerprint density at radius 2 is 0.887 bits per heavy atom. The molecule has 0 aliphatic heterocycles. The van der Waals surface area contributed by atoms with Crippen LogP contribution in [-0.2, 0) is 0 Å². The minimum Gasteiger partial charge on any atom is -0.456 e. The summed E-state index contributed by atoms with van der Waals surface area (Å²) >= 11 is 1.74. The summed E-state index contributed by atoms with van der Waals surface area (Å²) in [5.41, 5.74) is 12.6. The number of fused-ring (bicyclic) bond motifs is 6. The van der Waals surface area contributed by atoms with Crippen LogP contribution in [0.5, 0.6) is 0 Å². The van der Waals surface area contributed by atoms with E-state index >= 15 is 0 Å². The lowest BCUT2D eigenvalue weighted by atomic mass is 10.0. The molecule has 12 rings (SSSR count). The fourth-order valence-electron chi connectivity index (χ4n) is 8.33. The fraction of sp³-hybridized carbons (Fsp3) is 0. The van der Waals surface area contributed by atoms with E-state index in [2.05, 4.69) is 146 Å². The van der Waals surface area contributed by atoms with Crippen molar-refractivity contribution in [2.45, 2.75) is 0 Å². The molecule has 0 spiro atoms. The van der Waals surface area contributed by atoms with Crippen LogP contribution in [0.2, 0.25) is 0 Å². The average molecular weight is 812 g/mol. The van der Waals surface area contributed by atoms with Crippen LogP contribution in [-0.4, -0.2) is 24.9 Å². The van der Waals surface area contributed by atoms with Gasteiger partial charge in [0.1, 0.15) is 11.2 Å². The van der Waals surface area contributed by atoms with Gasteiger partial charge >= 0.3 is 0 Å².